The molecule has 0 aliphatic heterocycles. The summed E-state index contributed by atoms with van der Waals surface area (Å²) in [5, 5.41) is 3.26. The Morgan fingerprint density at radius 3 is 2.80 bits per heavy atom. The Morgan fingerprint density at radius 1 is 1.35 bits per heavy atom. The lowest BCUT2D eigenvalue weighted by Crippen LogP contribution is -2.33. The summed E-state index contributed by atoms with van der Waals surface area (Å²) in [6.07, 6.45) is 1.55. The number of benzene rings is 1. The number of aromatic nitrogens is 2. The van der Waals surface area contributed by atoms with E-state index in [9.17, 15) is 0 Å². The zero-order valence-corrected chi connectivity index (χ0v) is 13.1. The Labute approximate surface area is 127 Å². The van der Waals surface area contributed by atoms with Gasteiger partial charge in [0.15, 0.2) is 0 Å². The second kappa shape index (κ2) is 6.67. The van der Waals surface area contributed by atoms with Crippen LogP contribution in [0.3, 0.4) is 0 Å². The fourth-order valence-corrected chi connectivity index (χ4v) is 2.23. The molecule has 106 valence electrons. The minimum atomic E-state index is 0.0923. The molecule has 6 heteroatoms. The first-order chi connectivity index (χ1) is 9.56. The van der Waals surface area contributed by atoms with E-state index in [1.54, 1.807) is 6.33 Å². The highest BCUT2D eigenvalue weighted by molar-refractivity contribution is 9.10. The quantitative estimate of drug-likeness (QED) is 0.879. The molecule has 1 aromatic heterocycles. The van der Waals surface area contributed by atoms with Crippen molar-refractivity contribution in [3.05, 3.63) is 41.1 Å². The third-order valence-electron chi connectivity index (χ3n) is 2.74. The molecule has 0 amide bonds. The van der Waals surface area contributed by atoms with Gasteiger partial charge in [0.05, 0.1) is 5.69 Å². The molecule has 2 rings (SSSR count). The molecule has 3 N–H and O–H groups in total. The Bertz CT molecular complexity index is 573. The highest BCUT2D eigenvalue weighted by Crippen LogP contribution is 2.25. The van der Waals surface area contributed by atoms with Gasteiger partial charge in [0.2, 0.25) is 0 Å². The Morgan fingerprint density at radius 2 is 2.10 bits per heavy atom. The maximum absolute atomic E-state index is 5.81. The maximum Gasteiger partial charge on any atom is 0.135 e. The average molecular weight is 336 g/mol. The van der Waals surface area contributed by atoms with E-state index in [2.05, 4.69) is 31.2 Å². The van der Waals surface area contributed by atoms with Gasteiger partial charge in [-0.25, -0.2) is 9.97 Å². The van der Waals surface area contributed by atoms with Gasteiger partial charge in [-0.15, -0.1) is 0 Å². The number of nitrogens with one attached hydrogen (secondary N) is 1. The summed E-state index contributed by atoms with van der Waals surface area (Å²) in [4.78, 5) is 10.5. The van der Waals surface area contributed by atoms with Crippen LogP contribution in [0.15, 0.2) is 41.1 Å². The van der Waals surface area contributed by atoms with Gasteiger partial charge < -0.3 is 16.0 Å². The third-order valence-corrected chi connectivity index (χ3v) is 3.43. The molecule has 0 saturated heterocycles. The predicted octanol–water partition coefficient (Wildman–Crippen LogP) is 2.77. The van der Waals surface area contributed by atoms with Crippen LogP contribution in [0.4, 0.5) is 17.3 Å². The number of rotatable bonds is 5. The number of anilines is 3. The minimum Gasteiger partial charge on any atom is -0.358 e. The summed E-state index contributed by atoms with van der Waals surface area (Å²) in [6.45, 7) is 2.71. The van der Waals surface area contributed by atoms with Crippen LogP contribution in [0.5, 0.6) is 0 Å². The van der Waals surface area contributed by atoms with Gasteiger partial charge in [-0.2, -0.15) is 0 Å². The van der Waals surface area contributed by atoms with Gasteiger partial charge in [-0.05, 0) is 35.0 Å². The largest absolute Gasteiger partial charge is 0.358 e. The number of hydrogen-bond acceptors (Lipinski definition) is 5. The van der Waals surface area contributed by atoms with Crippen molar-refractivity contribution in [1.82, 2.24) is 9.97 Å². The van der Waals surface area contributed by atoms with Gasteiger partial charge in [-0.1, -0.05) is 12.1 Å². The fourth-order valence-electron chi connectivity index (χ4n) is 1.85. The molecule has 0 saturated carbocycles. The number of hydrogen-bond donors (Lipinski definition) is 2. The zero-order valence-electron chi connectivity index (χ0n) is 11.5. The molecule has 0 radical (unpaired) electrons. The molecule has 1 atom stereocenters. The summed E-state index contributed by atoms with van der Waals surface area (Å²) in [6, 6.07) is 9.90. The smallest absolute Gasteiger partial charge is 0.135 e. The molecule has 2 aromatic rings. The van der Waals surface area contributed by atoms with E-state index in [0.717, 1.165) is 28.3 Å². The SMILES string of the molecule is CC(N)CN(C)c1cc(Nc2ccccc2Br)ncn1. The van der Waals surface area contributed by atoms with Crippen molar-refractivity contribution in [3.63, 3.8) is 0 Å². The van der Waals surface area contributed by atoms with Crippen LogP contribution >= 0.6 is 15.9 Å². The van der Waals surface area contributed by atoms with Crippen molar-refractivity contribution < 1.29 is 0 Å². The molecular weight excluding hydrogens is 318 g/mol. The molecular formula is C14H18BrN5. The van der Waals surface area contributed by atoms with Crippen LogP contribution in [-0.4, -0.2) is 29.6 Å². The van der Waals surface area contributed by atoms with Crippen LogP contribution in [0.25, 0.3) is 0 Å². The van der Waals surface area contributed by atoms with Crippen molar-refractivity contribution in [2.45, 2.75) is 13.0 Å². The zero-order chi connectivity index (χ0) is 14.5. The number of nitrogens with zero attached hydrogens (tertiary/aromatic N) is 3. The van der Waals surface area contributed by atoms with E-state index in [-0.39, 0.29) is 6.04 Å². The number of nitrogens with two attached hydrogens (primary N) is 1. The van der Waals surface area contributed by atoms with Crippen LogP contribution in [0, 0.1) is 0 Å². The standard InChI is InChI=1S/C14H18BrN5/c1-10(16)8-20(2)14-7-13(17-9-18-14)19-12-6-4-3-5-11(12)15/h3-7,9-10H,8,16H2,1-2H3,(H,17,18,19). The van der Waals surface area contributed by atoms with Crippen LogP contribution < -0.4 is 16.0 Å². The van der Waals surface area contributed by atoms with Gasteiger partial charge in [0.1, 0.15) is 18.0 Å². The van der Waals surface area contributed by atoms with Crippen LogP contribution in [0.1, 0.15) is 6.92 Å². The molecule has 5 nitrogen and oxygen atoms in total. The van der Waals surface area contributed by atoms with Gasteiger partial charge in [-0.3, -0.25) is 0 Å². The minimum absolute atomic E-state index is 0.0923. The first-order valence-corrected chi connectivity index (χ1v) is 7.16. The van der Waals surface area contributed by atoms with E-state index >= 15 is 0 Å². The number of halogens is 1. The van der Waals surface area contributed by atoms with Crippen molar-refractivity contribution in [2.24, 2.45) is 5.73 Å². The molecule has 0 aliphatic carbocycles. The first-order valence-electron chi connectivity index (χ1n) is 6.36. The lowest BCUT2D eigenvalue weighted by atomic mass is 10.3. The predicted molar refractivity (Wildman–Crippen MR) is 86.4 cm³/mol. The van der Waals surface area contributed by atoms with Gasteiger partial charge in [0, 0.05) is 30.2 Å². The van der Waals surface area contributed by atoms with Gasteiger partial charge in [0.25, 0.3) is 0 Å². The summed E-state index contributed by atoms with van der Waals surface area (Å²) in [7, 11) is 1.97. The van der Waals surface area contributed by atoms with E-state index in [0.29, 0.717) is 0 Å². The van der Waals surface area contributed by atoms with Crippen LogP contribution in [-0.2, 0) is 0 Å². The Balaban J connectivity index is 2.16. The molecule has 1 unspecified atom stereocenters. The lowest BCUT2D eigenvalue weighted by molar-refractivity contribution is 0.711. The summed E-state index contributed by atoms with van der Waals surface area (Å²) >= 11 is 3.50. The molecule has 0 fully saturated rings. The molecule has 20 heavy (non-hydrogen) atoms. The van der Waals surface area contributed by atoms with E-state index < -0.39 is 0 Å². The van der Waals surface area contributed by atoms with E-state index in [4.69, 9.17) is 5.73 Å². The molecule has 1 aromatic carbocycles. The lowest BCUT2D eigenvalue weighted by Gasteiger charge is -2.20. The molecule has 0 aliphatic rings. The Hall–Kier alpha value is -1.66. The number of para-hydroxylation sites is 1. The first kappa shape index (κ1) is 14.7. The van der Waals surface area contributed by atoms with Crippen LogP contribution in [0.2, 0.25) is 0 Å². The van der Waals surface area contributed by atoms with Crippen molar-refractivity contribution in [2.75, 3.05) is 23.8 Å². The molecule has 0 spiro atoms. The van der Waals surface area contributed by atoms with Gasteiger partial charge >= 0.3 is 0 Å². The normalized spacial score (nSPS) is 12.0. The van der Waals surface area contributed by atoms with Crippen molar-refractivity contribution in [1.29, 1.82) is 0 Å². The summed E-state index contributed by atoms with van der Waals surface area (Å²) in [5.41, 5.74) is 6.77. The maximum atomic E-state index is 5.81. The monoisotopic (exact) mass is 335 g/mol. The second-order valence-electron chi connectivity index (χ2n) is 4.72. The van der Waals surface area contributed by atoms with E-state index in [1.807, 2.05) is 49.2 Å². The highest BCUT2D eigenvalue weighted by Gasteiger charge is 2.07. The van der Waals surface area contributed by atoms with Crippen molar-refractivity contribution >= 4 is 33.3 Å². The second-order valence-corrected chi connectivity index (χ2v) is 5.58. The molecule has 1 heterocycles. The third kappa shape index (κ3) is 3.91. The number of likely N-dealkylation sites (N-methyl/N-ethyl adjacent to an activating group) is 1. The van der Waals surface area contributed by atoms with E-state index in [1.165, 1.54) is 0 Å². The average Bonchev–Trinajstić information content (AvgIpc) is 2.41. The fraction of sp³-hybridized carbons (Fsp3) is 0.286. The van der Waals surface area contributed by atoms with Crippen molar-refractivity contribution in [3.8, 4) is 0 Å². The Kier molecular flexibility index (Phi) is 4.92. The highest BCUT2D eigenvalue weighted by atomic mass is 79.9. The topological polar surface area (TPSA) is 67.1 Å². The molecule has 0 bridgehead atoms. The summed E-state index contributed by atoms with van der Waals surface area (Å²) in [5.74, 6) is 1.59. The summed E-state index contributed by atoms with van der Waals surface area (Å²) < 4.78 is 0.990.